The smallest absolute Gasteiger partial charge is 0.323 e. The summed E-state index contributed by atoms with van der Waals surface area (Å²) in [6, 6.07) is 3.99. The predicted octanol–water partition coefficient (Wildman–Crippen LogP) is 1.46. The molecule has 0 atom stereocenters. The number of nitrogens with one attached hydrogen (secondary N) is 2. The van der Waals surface area contributed by atoms with Crippen LogP contribution in [0.3, 0.4) is 0 Å². The van der Waals surface area contributed by atoms with Crippen LogP contribution in [0.15, 0.2) is 16.5 Å². The first-order chi connectivity index (χ1) is 9.56. The lowest BCUT2D eigenvalue weighted by atomic mass is 10.4. The van der Waals surface area contributed by atoms with E-state index in [1.807, 2.05) is 32.9 Å². The van der Waals surface area contributed by atoms with Crippen LogP contribution in [0.5, 0.6) is 6.01 Å². The maximum atomic E-state index is 5.45. The third-order valence-electron chi connectivity index (χ3n) is 2.30. The van der Waals surface area contributed by atoms with E-state index in [1.165, 1.54) is 0 Å². The maximum Gasteiger partial charge on any atom is 0.323 e. The Labute approximate surface area is 116 Å². The van der Waals surface area contributed by atoms with Gasteiger partial charge in [-0.3, -0.25) is 5.43 Å². The van der Waals surface area contributed by atoms with E-state index in [0.717, 1.165) is 11.5 Å². The molecule has 108 valence electrons. The number of hydrazine groups is 1. The SMILES string of the molecule is Cc1ccc(CNc2nc(NN)nc(OC(C)C)n2)o1. The van der Waals surface area contributed by atoms with Crippen LogP contribution in [0.2, 0.25) is 0 Å². The Morgan fingerprint density at radius 2 is 2.00 bits per heavy atom. The van der Waals surface area contributed by atoms with Crippen molar-refractivity contribution in [1.82, 2.24) is 15.0 Å². The molecule has 0 aromatic carbocycles. The first-order valence-corrected chi connectivity index (χ1v) is 6.25. The second kappa shape index (κ2) is 6.20. The van der Waals surface area contributed by atoms with Crippen LogP contribution in [-0.4, -0.2) is 21.1 Å². The molecule has 0 aliphatic carbocycles. The average molecular weight is 278 g/mol. The minimum atomic E-state index is -0.0383. The Kier molecular flexibility index (Phi) is 4.36. The van der Waals surface area contributed by atoms with Crippen molar-refractivity contribution in [2.24, 2.45) is 5.84 Å². The topological polar surface area (TPSA) is 111 Å². The fourth-order valence-corrected chi connectivity index (χ4v) is 1.51. The predicted molar refractivity (Wildman–Crippen MR) is 74.2 cm³/mol. The molecule has 0 saturated heterocycles. The fraction of sp³-hybridized carbons (Fsp3) is 0.417. The molecule has 2 rings (SSSR count). The Morgan fingerprint density at radius 1 is 1.25 bits per heavy atom. The fourth-order valence-electron chi connectivity index (χ4n) is 1.51. The quantitative estimate of drug-likeness (QED) is 0.538. The lowest BCUT2D eigenvalue weighted by molar-refractivity contribution is 0.222. The number of nitrogens with zero attached hydrogens (tertiary/aromatic N) is 3. The van der Waals surface area contributed by atoms with Crippen LogP contribution in [-0.2, 0) is 6.54 Å². The highest BCUT2D eigenvalue weighted by Crippen LogP contribution is 2.13. The first-order valence-electron chi connectivity index (χ1n) is 6.25. The summed E-state index contributed by atoms with van der Waals surface area (Å²) in [7, 11) is 0. The summed E-state index contributed by atoms with van der Waals surface area (Å²) in [6.45, 7) is 6.12. The zero-order valence-electron chi connectivity index (χ0n) is 11.7. The second-order valence-corrected chi connectivity index (χ2v) is 4.44. The summed E-state index contributed by atoms with van der Waals surface area (Å²) >= 11 is 0. The Bertz CT molecular complexity index is 569. The Morgan fingerprint density at radius 3 is 2.60 bits per heavy atom. The van der Waals surface area contributed by atoms with E-state index in [9.17, 15) is 0 Å². The molecule has 0 saturated carbocycles. The van der Waals surface area contributed by atoms with Gasteiger partial charge in [0, 0.05) is 0 Å². The van der Waals surface area contributed by atoms with Crippen molar-refractivity contribution >= 4 is 11.9 Å². The third kappa shape index (κ3) is 3.82. The van der Waals surface area contributed by atoms with Crippen molar-refractivity contribution in [1.29, 1.82) is 0 Å². The molecule has 0 fully saturated rings. The molecule has 0 amide bonds. The van der Waals surface area contributed by atoms with Crippen LogP contribution in [0.25, 0.3) is 0 Å². The normalized spacial score (nSPS) is 10.7. The summed E-state index contributed by atoms with van der Waals surface area (Å²) in [5, 5.41) is 3.03. The standard InChI is InChI=1S/C12H18N6O2/c1-7(2)19-12-16-10(15-11(17-12)18-13)14-6-9-5-4-8(3)20-9/h4-5,7H,6,13H2,1-3H3,(H2,14,15,16,17,18). The molecule has 2 heterocycles. The Hall–Kier alpha value is -2.35. The van der Waals surface area contributed by atoms with E-state index in [0.29, 0.717) is 12.5 Å². The molecule has 0 aliphatic rings. The molecule has 8 nitrogen and oxygen atoms in total. The van der Waals surface area contributed by atoms with Crippen molar-refractivity contribution < 1.29 is 9.15 Å². The Balaban J connectivity index is 2.09. The highest BCUT2D eigenvalue weighted by Gasteiger charge is 2.09. The monoisotopic (exact) mass is 278 g/mol. The average Bonchev–Trinajstić information content (AvgIpc) is 2.81. The number of furan rings is 1. The van der Waals surface area contributed by atoms with Crippen LogP contribution in [0.1, 0.15) is 25.4 Å². The molecule has 2 aromatic heterocycles. The molecular weight excluding hydrogens is 260 g/mol. The number of hydrogen-bond donors (Lipinski definition) is 3. The van der Waals surface area contributed by atoms with Gasteiger partial charge in [-0.05, 0) is 32.9 Å². The van der Waals surface area contributed by atoms with Gasteiger partial charge < -0.3 is 14.5 Å². The lowest BCUT2D eigenvalue weighted by Gasteiger charge is -2.10. The van der Waals surface area contributed by atoms with Crippen LogP contribution >= 0.6 is 0 Å². The van der Waals surface area contributed by atoms with Crippen LogP contribution < -0.4 is 21.3 Å². The highest BCUT2D eigenvalue weighted by atomic mass is 16.5. The summed E-state index contributed by atoms with van der Waals surface area (Å²) in [5.41, 5.74) is 2.38. The minimum absolute atomic E-state index is 0.0383. The number of rotatable bonds is 6. The minimum Gasteiger partial charge on any atom is -0.465 e. The maximum absolute atomic E-state index is 5.45. The van der Waals surface area contributed by atoms with Gasteiger partial charge >= 0.3 is 6.01 Å². The number of hydrogen-bond acceptors (Lipinski definition) is 8. The highest BCUT2D eigenvalue weighted by molar-refractivity contribution is 5.35. The number of ether oxygens (including phenoxy) is 1. The molecule has 20 heavy (non-hydrogen) atoms. The van der Waals surface area contributed by atoms with Gasteiger partial charge in [0.15, 0.2) is 0 Å². The lowest BCUT2D eigenvalue weighted by Crippen LogP contribution is -2.16. The van der Waals surface area contributed by atoms with E-state index >= 15 is 0 Å². The van der Waals surface area contributed by atoms with Crippen LogP contribution in [0.4, 0.5) is 11.9 Å². The molecule has 4 N–H and O–H groups in total. The first kappa shape index (κ1) is 14.1. The zero-order valence-corrected chi connectivity index (χ0v) is 11.7. The van der Waals surface area contributed by atoms with Crippen molar-refractivity contribution in [2.75, 3.05) is 10.7 Å². The van der Waals surface area contributed by atoms with E-state index in [-0.39, 0.29) is 18.1 Å². The van der Waals surface area contributed by atoms with Gasteiger partial charge in [-0.2, -0.15) is 15.0 Å². The van der Waals surface area contributed by atoms with Gasteiger partial charge in [-0.1, -0.05) is 0 Å². The van der Waals surface area contributed by atoms with E-state index < -0.39 is 0 Å². The van der Waals surface area contributed by atoms with E-state index in [2.05, 4.69) is 25.7 Å². The summed E-state index contributed by atoms with van der Waals surface area (Å²) in [6.07, 6.45) is -0.0383. The van der Waals surface area contributed by atoms with Gasteiger partial charge in [-0.25, -0.2) is 5.84 Å². The van der Waals surface area contributed by atoms with Crippen molar-refractivity contribution in [3.05, 3.63) is 23.7 Å². The molecule has 8 heteroatoms. The van der Waals surface area contributed by atoms with E-state index in [1.54, 1.807) is 0 Å². The van der Waals surface area contributed by atoms with Gasteiger partial charge in [-0.15, -0.1) is 0 Å². The van der Waals surface area contributed by atoms with Gasteiger partial charge in [0.2, 0.25) is 11.9 Å². The van der Waals surface area contributed by atoms with Crippen LogP contribution in [0, 0.1) is 6.92 Å². The van der Waals surface area contributed by atoms with Crippen molar-refractivity contribution in [3.8, 4) is 6.01 Å². The number of nitrogens with two attached hydrogens (primary N) is 1. The number of anilines is 2. The summed E-state index contributed by atoms with van der Waals surface area (Å²) in [5.74, 6) is 7.55. The zero-order chi connectivity index (χ0) is 14.5. The largest absolute Gasteiger partial charge is 0.465 e. The molecule has 0 spiro atoms. The van der Waals surface area contributed by atoms with Gasteiger partial charge in [0.1, 0.15) is 11.5 Å². The molecule has 0 unspecified atom stereocenters. The molecule has 0 bridgehead atoms. The molecule has 0 radical (unpaired) electrons. The summed E-state index contributed by atoms with van der Waals surface area (Å²) < 4.78 is 10.9. The number of nitrogen functional groups attached to an aromatic ring is 1. The molecule has 0 aliphatic heterocycles. The molecular formula is C12H18N6O2. The number of aromatic nitrogens is 3. The summed E-state index contributed by atoms with van der Waals surface area (Å²) in [4.78, 5) is 12.2. The third-order valence-corrected chi connectivity index (χ3v) is 2.30. The van der Waals surface area contributed by atoms with Crippen molar-refractivity contribution in [3.63, 3.8) is 0 Å². The van der Waals surface area contributed by atoms with E-state index in [4.69, 9.17) is 15.0 Å². The number of aryl methyl sites for hydroxylation is 1. The second-order valence-electron chi connectivity index (χ2n) is 4.44. The molecule has 2 aromatic rings. The van der Waals surface area contributed by atoms with Crippen molar-refractivity contribution in [2.45, 2.75) is 33.4 Å². The van der Waals surface area contributed by atoms with Gasteiger partial charge in [0.05, 0.1) is 12.6 Å². The van der Waals surface area contributed by atoms with Gasteiger partial charge in [0.25, 0.3) is 0 Å².